The lowest BCUT2D eigenvalue weighted by molar-refractivity contribution is -0.384. The van der Waals surface area contributed by atoms with Gasteiger partial charge in [0.25, 0.3) is 11.6 Å². The maximum absolute atomic E-state index is 12.5. The topological polar surface area (TPSA) is 128 Å². The number of carbonyl (C=O) groups excluding carboxylic acids is 1. The number of anilines is 1. The van der Waals surface area contributed by atoms with Crippen LogP contribution in [0.3, 0.4) is 0 Å². The number of carbonyl (C=O) groups is 1. The van der Waals surface area contributed by atoms with Gasteiger partial charge in [-0.3, -0.25) is 14.9 Å². The molecule has 0 saturated heterocycles. The molecule has 0 spiro atoms. The highest BCUT2D eigenvalue weighted by molar-refractivity contribution is 6.09. The first kappa shape index (κ1) is 19.7. The Balaban J connectivity index is 1.50. The summed E-state index contributed by atoms with van der Waals surface area (Å²) >= 11 is 0. The Labute approximate surface area is 176 Å². The van der Waals surface area contributed by atoms with E-state index in [-0.39, 0.29) is 11.3 Å². The number of fused-ring (bicyclic) bond motifs is 1. The lowest BCUT2D eigenvalue weighted by Crippen LogP contribution is -2.17. The fraction of sp³-hybridized carbons (Fsp3) is 0.0909. The predicted molar refractivity (Wildman–Crippen MR) is 110 cm³/mol. The van der Waals surface area contributed by atoms with E-state index in [4.69, 9.17) is 13.9 Å². The van der Waals surface area contributed by atoms with Gasteiger partial charge in [0.05, 0.1) is 4.92 Å². The fourth-order valence-electron chi connectivity index (χ4n) is 2.94. The van der Waals surface area contributed by atoms with Crippen LogP contribution in [0.1, 0.15) is 5.76 Å². The average Bonchev–Trinajstić information content (AvgIpc) is 3.26. The molecule has 154 valence electrons. The molecule has 0 radical (unpaired) electrons. The molecule has 3 aromatic rings. The number of nitro benzene ring substituents is 1. The summed E-state index contributed by atoms with van der Waals surface area (Å²) in [5.74, 6) is 1.25. The van der Waals surface area contributed by atoms with Crippen molar-refractivity contribution in [3.8, 4) is 28.9 Å². The highest BCUT2D eigenvalue weighted by atomic mass is 16.6. The molecule has 2 aromatic carbocycles. The zero-order chi connectivity index (χ0) is 21.8. The third-order valence-electron chi connectivity index (χ3n) is 4.44. The van der Waals surface area contributed by atoms with Crippen LogP contribution in [0.5, 0.6) is 11.5 Å². The van der Waals surface area contributed by atoms with Crippen molar-refractivity contribution in [1.29, 1.82) is 5.26 Å². The standard InChI is InChI=1S/C22H15N3O6/c23-13-15(22(26)24-16-3-7-20-21(12-16)30-10-9-29-20)11-18-6-8-19(31-18)14-1-4-17(5-2-14)25(27)28/h1-8,11-12H,9-10H2,(H,24,26)/b15-11+. The van der Waals surface area contributed by atoms with Crippen molar-refractivity contribution in [3.63, 3.8) is 0 Å². The fourth-order valence-corrected chi connectivity index (χ4v) is 2.94. The minimum Gasteiger partial charge on any atom is -0.486 e. The molecule has 0 aliphatic carbocycles. The van der Waals surface area contributed by atoms with Crippen molar-refractivity contribution in [2.75, 3.05) is 18.5 Å². The number of rotatable bonds is 5. The molecule has 9 nitrogen and oxygen atoms in total. The van der Waals surface area contributed by atoms with E-state index in [0.29, 0.717) is 47.5 Å². The van der Waals surface area contributed by atoms with Crippen molar-refractivity contribution in [2.24, 2.45) is 0 Å². The van der Waals surface area contributed by atoms with Crippen molar-refractivity contribution < 1.29 is 23.6 Å². The number of hydrogen-bond donors (Lipinski definition) is 1. The van der Waals surface area contributed by atoms with Gasteiger partial charge < -0.3 is 19.2 Å². The SMILES string of the molecule is N#C/C(=C\c1ccc(-c2ccc([N+](=O)[O-])cc2)o1)C(=O)Nc1ccc2c(c1)OCCO2. The Morgan fingerprint density at radius 2 is 1.81 bits per heavy atom. The second kappa shape index (κ2) is 8.42. The third kappa shape index (κ3) is 4.38. The molecule has 1 aromatic heterocycles. The molecule has 1 N–H and O–H groups in total. The van der Waals surface area contributed by atoms with Gasteiger partial charge in [0.1, 0.15) is 36.4 Å². The smallest absolute Gasteiger partial charge is 0.269 e. The van der Waals surface area contributed by atoms with E-state index < -0.39 is 10.8 Å². The maximum atomic E-state index is 12.5. The summed E-state index contributed by atoms with van der Waals surface area (Å²) in [5, 5.41) is 22.8. The summed E-state index contributed by atoms with van der Waals surface area (Å²) < 4.78 is 16.6. The van der Waals surface area contributed by atoms with Crippen molar-refractivity contribution in [1.82, 2.24) is 0 Å². The minimum absolute atomic E-state index is 0.0296. The van der Waals surface area contributed by atoms with Crippen LogP contribution in [0, 0.1) is 21.4 Å². The first-order valence-corrected chi connectivity index (χ1v) is 9.21. The van der Waals surface area contributed by atoms with E-state index in [0.717, 1.165) is 0 Å². The number of nitro groups is 1. The number of benzene rings is 2. The summed E-state index contributed by atoms with van der Waals surface area (Å²) in [5.41, 5.74) is 0.906. The normalized spacial score (nSPS) is 12.7. The van der Waals surface area contributed by atoms with E-state index in [9.17, 15) is 20.2 Å². The minimum atomic E-state index is -0.604. The lowest BCUT2D eigenvalue weighted by Gasteiger charge is -2.18. The van der Waals surface area contributed by atoms with Gasteiger partial charge >= 0.3 is 0 Å². The molecule has 0 unspecified atom stereocenters. The van der Waals surface area contributed by atoms with E-state index in [1.807, 2.05) is 6.07 Å². The molecule has 0 saturated carbocycles. The molecule has 31 heavy (non-hydrogen) atoms. The second-order valence-electron chi connectivity index (χ2n) is 6.49. The van der Waals surface area contributed by atoms with E-state index in [1.165, 1.54) is 18.2 Å². The molecule has 0 bridgehead atoms. The number of ether oxygens (including phenoxy) is 2. The number of hydrogen-bond acceptors (Lipinski definition) is 7. The zero-order valence-electron chi connectivity index (χ0n) is 16.0. The quantitative estimate of drug-likeness (QED) is 0.285. The van der Waals surface area contributed by atoms with Crippen LogP contribution in [0.25, 0.3) is 17.4 Å². The Kier molecular flexibility index (Phi) is 5.36. The number of nitrogens with zero attached hydrogens (tertiary/aromatic N) is 2. The Morgan fingerprint density at radius 1 is 1.06 bits per heavy atom. The Hall–Kier alpha value is -4.58. The number of nitrogens with one attached hydrogen (secondary N) is 1. The molecule has 1 aliphatic heterocycles. The van der Waals surface area contributed by atoms with Crippen molar-refractivity contribution in [2.45, 2.75) is 0 Å². The maximum Gasteiger partial charge on any atom is 0.269 e. The van der Waals surface area contributed by atoms with Gasteiger partial charge in [-0.25, -0.2) is 0 Å². The van der Waals surface area contributed by atoms with Gasteiger partial charge in [0.15, 0.2) is 11.5 Å². The van der Waals surface area contributed by atoms with Crippen LogP contribution >= 0.6 is 0 Å². The van der Waals surface area contributed by atoms with Crippen LogP contribution in [-0.2, 0) is 4.79 Å². The van der Waals surface area contributed by atoms with Gasteiger partial charge in [-0.05, 0) is 36.4 Å². The third-order valence-corrected chi connectivity index (χ3v) is 4.44. The summed E-state index contributed by atoms with van der Waals surface area (Å²) in [4.78, 5) is 22.8. The first-order valence-electron chi connectivity index (χ1n) is 9.21. The zero-order valence-corrected chi connectivity index (χ0v) is 16.0. The number of amides is 1. The second-order valence-corrected chi connectivity index (χ2v) is 6.49. The molecular formula is C22H15N3O6. The Morgan fingerprint density at radius 3 is 2.52 bits per heavy atom. The molecular weight excluding hydrogens is 402 g/mol. The van der Waals surface area contributed by atoms with Gasteiger partial charge in [0.2, 0.25) is 0 Å². The molecule has 9 heteroatoms. The summed E-state index contributed by atoms with van der Waals surface area (Å²) in [6, 6.07) is 15.9. The van der Waals surface area contributed by atoms with Gasteiger partial charge in [-0.1, -0.05) is 0 Å². The molecule has 1 amide bonds. The Bertz CT molecular complexity index is 1220. The van der Waals surface area contributed by atoms with Crippen molar-refractivity contribution in [3.05, 3.63) is 76.0 Å². The van der Waals surface area contributed by atoms with Crippen LogP contribution in [0.2, 0.25) is 0 Å². The summed E-state index contributed by atoms with van der Waals surface area (Å²) in [6.07, 6.45) is 1.32. The lowest BCUT2D eigenvalue weighted by atomic mass is 10.1. The first-order chi connectivity index (χ1) is 15.0. The number of furan rings is 1. The van der Waals surface area contributed by atoms with Crippen LogP contribution < -0.4 is 14.8 Å². The largest absolute Gasteiger partial charge is 0.486 e. The molecule has 1 aliphatic rings. The number of nitriles is 1. The highest BCUT2D eigenvalue weighted by Gasteiger charge is 2.15. The van der Waals surface area contributed by atoms with E-state index in [2.05, 4.69) is 5.32 Å². The van der Waals surface area contributed by atoms with Crippen molar-refractivity contribution >= 4 is 23.4 Å². The number of non-ortho nitro benzene ring substituents is 1. The van der Waals surface area contributed by atoms with Crippen LogP contribution in [-0.4, -0.2) is 24.0 Å². The van der Waals surface area contributed by atoms with Gasteiger partial charge in [0, 0.05) is 35.5 Å². The summed E-state index contributed by atoms with van der Waals surface area (Å²) in [7, 11) is 0. The molecule has 4 rings (SSSR count). The van der Waals surface area contributed by atoms with Gasteiger partial charge in [-0.15, -0.1) is 0 Å². The highest BCUT2D eigenvalue weighted by Crippen LogP contribution is 2.32. The van der Waals surface area contributed by atoms with E-state index >= 15 is 0 Å². The van der Waals surface area contributed by atoms with Gasteiger partial charge in [-0.2, -0.15) is 5.26 Å². The predicted octanol–water partition coefficient (Wildman–Crippen LogP) is 4.17. The molecule has 0 atom stereocenters. The summed E-state index contributed by atoms with van der Waals surface area (Å²) in [6.45, 7) is 0.883. The average molecular weight is 417 g/mol. The molecule has 0 fully saturated rings. The molecule has 2 heterocycles. The van der Waals surface area contributed by atoms with E-state index in [1.54, 1.807) is 42.5 Å². The van der Waals surface area contributed by atoms with Crippen LogP contribution in [0.15, 0.2) is 64.6 Å². The monoisotopic (exact) mass is 417 g/mol. The van der Waals surface area contributed by atoms with Crippen LogP contribution in [0.4, 0.5) is 11.4 Å².